The van der Waals surface area contributed by atoms with Crippen molar-refractivity contribution < 1.29 is 17.6 Å². The number of alkyl halides is 1. The summed E-state index contributed by atoms with van der Waals surface area (Å²) >= 11 is 5.64. The van der Waals surface area contributed by atoms with Crippen LogP contribution in [-0.4, -0.2) is 39.5 Å². The first-order chi connectivity index (χ1) is 8.47. The maximum absolute atomic E-state index is 12.4. The van der Waals surface area contributed by atoms with Crippen molar-refractivity contribution in [2.24, 2.45) is 0 Å². The molecule has 1 aromatic heterocycles. The Morgan fingerprint density at radius 2 is 2.17 bits per heavy atom. The van der Waals surface area contributed by atoms with Crippen LogP contribution >= 0.6 is 11.6 Å². The van der Waals surface area contributed by atoms with Gasteiger partial charge >= 0.3 is 0 Å². The number of hydrogen-bond donors (Lipinski definition) is 0. The molecule has 1 aromatic rings. The largest absolute Gasteiger partial charge is 0.464 e. The van der Waals surface area contributed by atoms with Crippen LogP contribution in [0.25, 0.3) is 0 Å². The highest BCUT2D eigenvalue weighted by Crippen LogP contribution is 2.24. The van der Waals surface area contributed by atoms with Crippen LogP contribution in [0.2, 0.25) is 0 Å². The lowest BCUT2D eigenvalue weighted by Gasteiger charge is -2.19. The van der Waals surface area contributed by atoms with E-state index in [0.29, 0.717) is 31.2 Å². The van der Waals surface area contributed by atoms with Gasteiger partial charge in [-0.2, -0.15) is 4.31 Å². The Morgan fingerprint density at radius 3 is 2.61 bits per heavy atom. The van der Waals surface area contributed by atoms with Gasteiger partial charge in [-0.25, -0.2) is 8.42 Å². The number of nitrogens with zero attached hydrogens (tertiary/aromatic N) is 1. The molecule has 18 heavy (non-hydrogen) atoms. The maximum Gasteiger partial charge on any atom is 0.246 e. The second-order valence-corrected chi connectivity index (χ2v) is 5.93. The van der Waals surface area contributed by atoms with Crippen molar-refractivity contribution in [1.29, 1.82) is 0 Å². The lowest BCUT2D eigenvalue weighted by molar-refractivity contribution is 0.180. The SMILES string of the molecule is CCN(CCOC)S(=O)(=O)c1cc(CCl)oc1C. The third-order valence-corrected chi connectivity index (χ3v) is 4.92. The summed E-state index contributed by atoms with van der Waals surface area (Å²) in [5.41, 5.74) is 0. The zero-order valence-electron chi connectivity index (χ0n) is 10.8. The van der Waals surface area contributed by atoms with Gasteiger partial charge in [0.15, 0.2) is 0 Å². The van der Waals surface area contributed by atoms with Gasteiger partial charge in [-0.05, 0) is 6.92 Å². The van der Waals surface area contributed by atoms with E-state index in [0.717, 1.165) is 0 Å². The van der Waals surface area contributed by atoms with Crippen molar-refractivity contribution >= 4 is 21.6 Å². The lowest BCUT2D eigenvalue weighted by atomic mass is 10.4. The fourth-order valence-electron chi connectivity index (χ4n) is 1.63. The molecule has 0 spiro atoms. The van der Waals surface area contributed by atoms with E-state index in [9.17, 15) is 8.42 Å². The van der Waals surface area contributed by atoms with Gasteiger partial charge in [0.05, 0.1) is 12.5 Å². The molecule has 0 aliphatic carbocycles. The molecule has 0 bridgehead atoms. The number of methoxy groups -OCH3 is 1. The fraction of sp³-hybridized carbons (Fsp3) is 0.636. The molecule has 0 N–H and O–H groups in total. The minimum Gasteiger partial charge on any atom is -0.464 e. The highest BCUT2D eigenvalue weighted by molar-refractivity contribution is 7.89. The van der Waals surface area contributed by atoms with E-state index < -0.39 is 10.0 Å². The molecule has 0 saturated carbocycles. The summed E-state index contributed by atoms with van der Waals surface area (Å²) in [6.45, 7) is 4.45. The zero-order chi connectivity index (χ0) is 13.8. The molecular weight excluding hydrogens is 278 g/mol. The van der Waals surface area contributed by atoms with E-state index in [2.05, 4.69) is 0 Å². The molecule has 104 valence electrons. The number of hydrogen-bond acceptors (Lipinski definition) is 4. The van der Waals surface area contributed by atoms with Gasteiger partial charge in [0.1, 0.15) is 16.4 Å². The molecule has 7 heteroatoms. The van der Waals surface area contributed by atoms with Crippen molar-refractivity contribution in [2.45, 2.75) is 24.6 Å². The minimum atomic E-state index is -3.54. The third-order valence-electron chi connectivity index (χ3n) is 2.57. The van der Waals surface area contributed by atoms with Crippen molar-refractivity contribution in [3.05, 3.63) is 17.6 Å². The smallest absolute Gasteiger partial charge is 0.246 e. The van der Waals surface area contributed by atoms with Crippen molar-refractivity contribution in [2.75, 3.05) is 26.8 Å². The Hall–Kier alpha value is -0.560. The van der Waals surface area contributed by atoms with E-state index in [4.69, 9.17) is 20.8 Å². The lowest BCUT2D eigenvalue weighted by Crippen LogP contribution is -2.33. The maximum atomic E-state index is 12.4. The molecule has 0 fully saturated rings. The molecule has 1 heterocycles. The number of halogens is 1. The highest BCUT2D eigenvalue weighted by atomic mass is 35.5. The Labute approximate surface area is 113 Å². The Bertz CT molecular complexity index is 483. The first-order valence-electron chi connectivity index (χ1n) is 5.61. The molecule has 0 aliphatic heterocycles. The zero-order valence-corrected chi connectivity index (χ0v) is 12.3. The fourth-order valence-corrected chi connectivity index (χ4v) is 3.38. The number of aryl methyl sites for hydroxylation is 1. The Morgan fingerprint density at radius 1 is 1.50 bits per heavy atom. The summed E-state index contributed by atoms with van der Waals surface area (Å²) in [7, 11) is -2.01. The Balaban J connectivity index is 3.06. The predicted octanol–water partition coefficient (Wildman–Crippen LogP) is 1.98. The van der Waals surface area contributed by atoms with Gasteiger partial charge in [-0.1, -0.05) is 6.92 Å². The van der Waals surface area contributed by atoms with Crippen LogP contribution in [0.1, 0.15) is 18.4 Å². The van der Waals surface area contributed by atoms with E-state index in [1.165, 1.54) is 17.5 Å². The monoisotopic (exact) mass is 295 g/mol. The second kappa shape index (κ2) is 6.56. The van der Waals surface area contributed by atoms with E-state index >= 15 is 0 Å². The third kappa shape index (κ3) is 3.26. The van der Waals surface area contributed by atoms with Crippen LogP contribution in [-0.2, 0) is 20.6 Å². The first kappa shape index (κ1) is 15.5. The summed E-state index contributed by atoms with van der Waals surface area (Å²) in [5, 5.41) is 0. The summed E-state index contributed by atoms with van der Waals surface area (Å²) in [6.07, 6.45) is 0. The van der Waals surface area contributed by atoms with Gasteiger partial charge in [-0.3, -0.25) is 0 Å². The molecule has 0 amide bonds. The summed E-state index contributed by atoms with van der Waals surface area (Å²) in [5.74, 6) is 0.970. The molecule has 0 radical (unpaired) electrons. The molecule has 1 rings (SSSR count). The van der Waals surface area contributed by atoms with Gasteiger partial charge in [0, 0.05) is 26.3 Å². The van der Waals surface area contributed by atoms with Crippen LogP contribution in [0.4, 0.5) is 0 Å². The van der Waals surface area contributed by atoms with E-state index in [-0.39, 0.29) is 10.8 Å². The van der Waals surface area contributed by atoms with Crippen molar-refractivity contribution in [1.82, 2.24) is 4.31 Å². The first-order valence-corrected chi connectivity index (χ1v) is 7.59. The average molecular weight is 296 g/mol. The number of ether oxygens (including phenoxy) is 1. The van der Waals surface area contributed by atoms with Gasteiger partial charge in [0.25, 0.3) is 0 Å². The number of likely N-dealkylation sites (N-methyl/N-ethyl adjacent to an activating group) is 1. The van der Waals surface area contributed by atoms with Gasteiger partial charge in [0.2, 0.25) is 10.0 Å². The molecule has 0 unspecified atom stereocenters. The molecule has 5 nitrogen and oxygen atoms in total. The van der Waals surface area contributed by atoms with Crippen molar-refractivity contribution in [3.63, 3.8) is 0 Å². The summed E-state index contributed by atoms with van der Waals surface area (Å²) in [4.78, 5) is 0.177. The van der Waals surface area contributed by atoms with E-state index in [1.807, 2.05) is 0 Å². The molecule has 0 aliphatic rings. The number of sulfonamides is 1. The molecule has 0 aromatic carbocycles. The van der Waals surface area contributed by atoms with Crippen LogP contribution < -0.4 is 0 Å². The minimum absolute atomic E-state index is 0.153. The van der Waals surface area contributed by atoms with Gasteiger partial charge in [-0.15, -0.1) is 11.6 Å². The summed E-state index contributed by atoms with van der Waals surface area (Å²) < 4.78 is 36.3. The molecule has 0 atom stereocenters. The van der Waals surface area contributed by atoms with Crippen LogP contribution in [0, 0.1) is 6.92 Å². The van der Waals surface area contributed by atoms with Crippen LogP contribution in [0.15, 0.2) is 15.4 Å². The van der Waals surface area contributed by atoms with E-state index in [1.54, 1.807) is 13.8 Å². The van der Waals surface area contributed by atoms with Gasteiger partial charge < -0.3 is 9.15 Å². The highest BCUT2D eigenvalue weighted by Gasteiger charge is 2.27. The van der Waals surface area contributed by atoms with Crippen molar-refractivity contribution in [3.8, 4) is 0 Å². The van der Waals surface area contributed by atoms with Crippen LogP contribution in [0.5, 0.6) is 0 Å². The predicted molar refractivity (Wildman–Crippen MR) is 69.3 cm³/mol. The van der Waals surface area contributed by atoms with Crippen LogP contribution in [0.3, 0.4) is 0 Å². The summed E-state index contributed by atoms with van der Waals surface area (Å²) in [6, 6.07) is 1.48. The number of furan rings is 1. The Kier molecular flexibility index (Phi) is 5.65. The second-order valence-electron chi connectivity index (χ2n) is 3.76. The molecule has 0 saturated heterocycles. The quantitative estimate of drug-likeness (QED) is 0.722. The average Bonchev–Trinajstić information content (AvgIpc) is 2.72. The topological polar surface area (TPSA) is 59.8 Å². The number of rotatable bonds is 7. The molecular formula is C11H18ClNO4S. The standard InChI is InChI=1S/C11H18ClNO4S/c1-4-13(5-6-16-3)18(14,15)11-7-10(8-12)17-9(11)2/h7H,4-6,8H2,1-3H3. The normalized spacial score (nSPS) is 12.3.